The zero-order valence-electron chi connectivity index (χ0n) is 8.06. The average Bonchev–Trinajstić information content (AvgIpc) is 2.65. The molecule has 2 rings (SSSR count). The van der Waals surface area contributed by atoms with Gasteiger partial charge in [0.2, 0.25) is 5.91 Å². The van der Waals surface area contributed by atoms with Gasteiger partial charge in [0.25, 0.3) is 0 Å². The van der Waals surface area contributed by atoms with Gasteiger partial charge in [0.1, 0.15) is 23.3 Å². The molecule has 0 aliphatic carbocycles. The Hall–Kier alpha value is -1.36. The van der Waals surface area contributed by atoms with Crippen molar-refractivity contribution in [3.8, 4) is 0 Å². The van der Waals surface area contributed by atoms with Crippen LogP contribution in [0.3, 0.4) is 0 Å². The van der Waals surface area contributed by atoms with E-state index in [1.165, 1.54) is 6.33 Å². The molecule has 1 atom stereocenters. The number of carbonyl (C=O) groups is 1. The van der Waals surface area contributed by atoms with Crippen LogP contribution in [0.25, 0.3) is 0 Å². The van der Waals surface area contributed by atoms with E-state index in [9.17, 15) is 4.79 Å². The molecule has 1 aliphatic rings. The molecule has 5 nitrogen and oxygen atoms in total. The Morgan fingerprint density at radius 1 is 1.60 bits per heavy atom. The van der Waals surface area contributed by atoms with E-state index in [0.717, 1.165) is 19.4 Å². The number of primary amides is 1. The third-order valence-electron chi connectivity index (χ3n) is 2.49. The largest absolute Gasteiger partial charge is 0.368 e. The highest BCUT2D eigenvalue weighted by molar-refractivity contribution is 6.29. The van der Waals surface area contributed by atoms with E-state index in [0.29, 0.717) is 11.0 Å². The molecule has 2 N–H and O–H groups in total. The predicted octanol–water partition coefficient (Wildman–Crippen LogP) is 0.584. The summed E-state index contributed by atoms with van der Waals surface area (Å²) in [6, 6.07) is 1.37. The van der Waals surface area contributed by atoms with E-state index in [1.807, 2.05) is 4.90 Å². The van der Waals surface area contributed by atoms with E-state index in [4.69, 9.17) is 17.3 Å². The molecule has 1 amide bonds. The monoisotopic (exact) mass is 226 g/mol. The maximum absolute atomic E-state index is 11.2. The topological polar surface area (TPSA) is 72.1 Å². The standard InChI is InChI=1S/C9H11ClN4O/c10-7-4-8(13-5-12-7)14-3-1-2-6(14)9(11)15/h4-6H,1-3H2,(H2,11,15)/t6-/m0/s1. The van der Waals surface area contributed by atoms with Crippen molar-refractivity contribution in [3.05, 3.63) is 17.5 Å². The molecule has 1 aliphatic heterocycles. The number of carbonyl (C=O) groups excluding carboxylic acids is 1. The normalized spacial score (nSPS) is 20.6. The van der Waals surface area contributed by atoms with Crippen molar-refractivity contribution >= 4 is 23.3 Å². The first-order valence-electron chi connectivity index (χ1n) is 4.72. The first kappa shape index (κ1) is 10.2. The van der Waals surface area contributed by atoms with Crippen LogP contribution in [0.2, 0.25) is 5.15 Å². The highest BCUT2D eigenvalue weighted by Gasteiger charge is 2.29. The van der Waals surface area contributed by atoms with Gasteiger partial charge in [-0.05, 0) is 12.8 Å². The van der Waals surface area contributed by atoms with Crippen LogP contribution in [0.15, 0.2) is 12.4 Å². The van der Waals surface area contributed by atoms with Crippen LogP contribution in [0, 0.1) is 0 Å². The maximum atomic E-state index is 11.2. The van der Waals surface area contributed by atoms with Crippen LogP contribution in [-0.4, -0.2) is 28.5 Å². The predicted molar refractivity (Wildman–Crippen MR) is 56.6 cm³/mol. The highest BCUT2D eigenvalue weighted by atomic mass is 35.5. The second-order valence-corrected chi connectivity index (χ2v) is 3.84. The number of anilines is 1. The Balaban J connectivity index is 2.26. The van der Waals surface area contributed by atoms with Gasteiger partial charge >= 0.3 is 0 Å². The van der Waals surface area contributed by atoms with Crippen molar-refractivity contribution in [1.82, 2.24) is 9.97 Å². The molecule has 0 bridgehead atoms. The Bertz CT molecular complexity index is 384. The van der Waals surface area contributed by atoms with Crippen molar-refractivity contribution in [2.45, 2.75) is 18.9 Å². The molecule has 0 radical (unpaired) electrons. The molecule has 1 aromatic heterocycles. The summed E-state index contributed by atoms with van der Waals surface area (Å²) in [6.07, 6.45) is 3.10. The summed E-state index contributed by atoms with van der Waals surface area (Å²) in [6.45, 7) is 0.779. The highest BCUT2D eigenvalue weighted by Crippen LogP contribution is 2.24. The number of nitrogens with zero attached hydrogens (tertiary/aromatic N) is 3. The van der Waals surface area contributed by atoms with Crippen molar-refractivity contribution in [2.75, 3.05) is 11.4 Å². The van der Waals surface area contributed by atoms with Gasteiger partial charge in [-0.3, -0.25) is 4.79 Å². The van der Waals surface area contributed by atoms with E-state index in [2.05, 4.69) is 9.97 Å². The van der Waals surface area contributed by atoms with Gasteiger partial charge in [0, 0.05) is 12.6 Å². The summed E-state index contributed by atoms with van der Waals surface area (Å²) in [5.41, 5.74) is 5.31. The maximum Gasteiger partial charge on any atom is 0.240 e. The Kier molecular flexibility index (Phi) is 2.73. The molecule has 6 heteroatoms. The lowest BCUT2D eigenvalue weighted by molar-refractivity contribution is -0.119. The van der Waals surface area contributed by atoms with Crippen LogP contribution in [0.5, 0.6) is 0 Å². The Morgan fingerprint density at radius 3 is 3.07 bits per heavy atom. The SMILES string of the molecule is NC(=O)[C@@H]1CCCN1c1cc(Cl)ncn1. The zero-order chi connectivity index (χ0) is 10.8. The van der Waals surface area contributed by atoms with E-state index >= 15 is 0 Å². The van der Waals surface area contributed by atoms with Crippen LogP contribution < -0.4 is 10.6 Å². The number of amides is 1. The van der Waals surface area contributed by atoms with Crippen molar-refractivity contribution < 1.29 is 4.79 Å². The number of hydrogen-bond acceptors (Lipinski definition) is 4. The lowest BCUT2D eigenvalue weighted by Gasteiger charge is -2.22. The first-order chi connectivity index (χ1) is 7.18. The van der Waals surface area contributed by atoms with Crippen LogP contribution >= 0.6 is 11.6 Å². The number of nitrogens with two attached hydrogens (primary N) is 1. The minimum absolute atomic E-state index is 0.268. The number of rotatable bonds is 2. The quantitative estimate of drug-likeness (QED) is 0.749. The number of hydrogen-bond donors (Lipinski definition) is 1. The lowest BCUT2D eigenvalue weighted by Crippen LogP contribution is -2.40. The minimum atomic E-state index is -0.317. The van der Waals surface area contributed by atoms with Gasteiger partial charge < -0.3 is 10.6 Å². The van der Waals surface area contributed by atoms with Gasteiger partial charge in [0.05, 0.1) is 0 Å². The summed E-state index contributed by atoms with van der Waals surface area (Å²) in [5, 5.41) is 0.370. The second kappa shape index (κ2) is 4.02. The van der Waals surface area contributed by atoms with Crippen LogP contribution in [-0.2, 0) is 4.79 Å². The molecule has 1 aromatic rings. The first-order valence-corrected chi connectivity index (χ1v) is 5.10. The summed E-state index contributed by atoms with van der Waals surface area (Å²) < 4.78 is 0. The third kappa shape index (κ3) is 2.02. The van der Waals surface area contributed by atoms with Gasteiger partial charge in [-0.2, -0.15) is 0 Å². The summed E-state index contributed by atoms with van der Waals surface area (Å²) in [7, 11) is 0. The van der Waals surface area contributed by atoms with Gasteiger partial charge in [0.15, 0.2) is 0 Å². The fraction of sp³-hybridized carbons (Fsp3) is 0.444. The Morgan fingerprint density at radius 2 is 2.40 bits per heavy atom. The fourth-order valence-electron chi connectivity index (χ4n) is 1.82. The molecule has 80 valence electrons. The molecule has 0 aromatic carbocycles. The molecule has 2 heterocycles. The van der Waals surface area contributed by atoms with E-state index in [-0.39, 0.29) is 11.9 Å². The van der Waals surface area contributed by atoms with Crippen LogP contribution in [0.1, 0.15) is 12.8 Å². The number of halogens is 1. The molecule has 0 saturated carbocycles. The fourth-order valence-corrected chi connectivity index (χ4v) is 1.96. The molecule has 1 saturated heterocycles. The summed E-state index contributed by atoms with van der Waals surface area (Å²) in [4.78, 5) is 20.9. The Labute approximate surface area is 92.3 Å². The molecule has 15 heavy (non-hydrogen) atoms. The third-order valence-corrected chi connectivity index (χ3v) is 2.70. The van der Waals surface area contributed by atoms with Crippen LogP contribution in [0.4, 0.5) is 5.82 Å². The van der Waals surface area contributed by atoms with Gasteiger partial charge in [-0.15, -0.1) is 0 Å². The molecule has 0 spiro atoms. The van der Waals surface area contributed by atoms with E-state index in [1.54, 1.807) is 6.07 Å². The van der Waals surface area contributed by atoms with Crippen molar-refractivity contribution in [2.24, 2.45) is 5.73 Å². The molecule has 1 fully saturated rings. The van der Waals surface area contributed by atoms with Crippen molar-refractivity contribution in [3.63, 3.8) is 0 Å². The minimum Gasteiger partial charge on any atom is -0.368 e. The summed E-state index contributed by atoms with van der Waals surface area (Å²) in [5.74, 6) is 0.346. The molecular weight excluding hydrogens is 216 g/mol. The van der Waals surface area contributed by atoms with Crippen molar-refractivity contribution in [1.29, 1.82) is 0 Å². The average molecular weight is 227 g/mol. The lowest BCUT2D eigenvalue weighted by atomic mass is 10.2. The van der Waals surface area contributed by atoms with Gasteiger partial charge in [-0.1, -0.05) is 11.6 Å². The number of aromatic nitrogens is 2. The smallest absolute Gasteiger partial charge is 0.240 e. The molecular formula is C9H11ClN4O. The molecule has 0 unspecified atom stereocenters. The second-order valence-electron chi connectivity index (χ2n) is 3.45. The van der Waals surface area contributed by atoms with E-state index < -0.39 is 0 Å². The summed E-state index contributed by atoms with van der Waals surface area (Å²) >= 11 is 5.76. The zero-order valence-corrected chi connectivity index (χ0v) is 8.81. The van der Waals surface area contributed by atoms with Gasteiger partial charge in [-0.25, -0.2) is 9.97 Å².